The molecular formula is C21H26N4O6S. The highest BCUT2D eigenvalue weighted by molar-refractivity contribution is 7.13. The summed E-state index contributed by atoms with van der Waals surface area (Å²) in [4.78, 5) is 43.6. The molecule has 0 aliphatic carbocycles. The molecule has 0 radical (unpaired) electrons. The highest BCUT2D eigenvalue weighted by atomic mass is 32.1. The molecule has 1 aliphatic rings. The monoisotopic (exact) mass is 462 g/mol. The number of nitrogens with zero attached hydrogens (tertiary/aromatic N) is 2. The van der Waals surface area contributed by atoms with Gasteiger partial charge in [-0.3, -0.25) is 14.4 Å². The van der Waals surface area contributed by atoms with E-state index in [-0.39, 0.29) is 13.3 Å². The third-order valence-electron chi connectivity index (χ3n) is 4.84. The van der Waals surface area contributed by atoms with Gasteiger partial charge in [0, 0.05) is 45.5 Å². The van der Waals surface area contributed by atoms with Crippen molar-refractivity contribution in [3.63, 3.8) is 0 Å². The SMILES string of the molecule is COCO[C@@H](C(=O)N1Cc2ccccc2C1)[C@@H](OC(C)=O)C(=O)NCCc1csc(N)n1. The van der Waals surface area contributed by atoms with E-state index in [0.29, 0.717) is 24.6 Å². The molecule has 0 saturated heterocycles. The quantitative estimate of drug-likeness (QED) is 0.392. The number of hydrogen-bond donors (Lipinski definition) is 2. The van der Waals surface area contributed by atoms with Gasteiger partial charge in [0.15, 0.2) is 11.2 Å². The normalized spacial score (nSPS) is 14.5. The Balaban J connectivity index is 1.71. The van der Waals surface area contributed by atoms with Crippen molar-refractivity contribution < 1.29 is 28.6 Å². The van der Waals surface area contributed by atoms with E-state index in [4.69, 9.17) is 19.9 Å². The molecule has 2 aromatic rings. The van der Waals surface area contributed by atoms with Crippen molar-refractivity contribution in [2.24, 2.45) is 0 Å². The Morgan fingerprint density at radius 1 is 1.22 bits per heavy atom. The Bertz CT molecular complexity index is 940. The van der Waals surface area contributed by atoms with Gasteiger partial charge in [-0.2, -0.15) is 0 Å². The van der Waals surface area contributed by atoms with Gasteiger partial charge in [-0.15, -0.1) is 11.3 Å². The third-order valence-corrected chi connectivity index (χ3v) is 5.56. The summed E-state index contributed by atoms with van der Waals surface area (Å²) >= 11 is 1.31. The fourth-order valence-corrected chi connectivity index (χ4v) is 3.98. The molecular weight excluding hydrogens is 436 g/mol. The highest BCUT2D eigenvalue weighted by Gasteiger charge is 2.41. The topological polar surface area (TPSA) is 133 Å². The van der Waals surface area contributed by atoms with Crippen LogP contribution in [0.2, 0.25) is 0 Å². The summed E-state index contributed by atoms with van der Waals surface area (Å²) in [5.74, 6) is -1.82. The van der Waals surface area contributed by atoms with E-state index in [0.717, 1.165) is 16.8 Å². The lowest BCUT2D eigenvalue weighted by molar-refractivity contribution is -0.181. The number of aromatic nitrogens is 1. The molecule has 10 nitrogen and oxygen atoms in total. The number of fused-ring (bicyclic) bond motifs is 1. The highest BCUT2D eigenvalue weighted by Crippen LogP contribution is 2.24. The van der Waals surface area contributed by atoms with Crippen LogP contribution in [-0.2, 0) is 48.1 Å². The molecule has 32 heavy (non-hydrogen) atoms. The summed E-state index contributed by atoms with van der Waals surface area (Å²) in [7, 11) is 1.40. The first kappa shape index (κ1) is 23.6. The molecule has 2 amide bonds. The average Bonchev–Trinajstić information content (AvgIpc) is 3.38. The van der Waals surface area contributed by atoms with Crippen LogP contribution in [0.1, 0.15) is 23.7 Å². The number of nitrogens with two attached hydrogens (primary N) is 1. The number of ether oxygens (including phenoxy) is 3. The molecule has 11 heteroatoms. The summed E-state index contributed by atoms with van der Waals surface area (Å²) in [6, 6.07) is 7.68. The molecule has 0 bridgehead atoms. The lowest BCUT2D eigenvalue weighted by Gasteiger charge is -2.28. The van der Waals surface area contributed by atoms with E-state index in [2.05, 4.69) is 10.3 Å². The van der Waals surface area contributed by atoms with Crippen molar-refractivity contribution >= 4 is 34.3 Å². The predicted octanol–water partition coefficient (Wildman–Crippen LogP) is 0.847. The second kappa shape index (κ2) is 11.0. The molecule has 3 rings (SSSR count). The number of methoxy groups -OCH3 is 1. The molecule has 0 saturated carbocycles. The maximum absolute atomic E-state index is 13.3. The van der Waals surface area contributed by atoms with Crippen molar-refractivity contribution in [1.29, 1.82) is 0 Å². The number of esters is 1. The third kappa shape index (κ3) is 6.02. The molecule has 2 atom stereocenters. The lowest BCUT2D eigenvalue weighted by atomic mass is 10.1. The van der Waals surface area contributed by atoms with Gasteiger partial charge >= 0.3 is 5.97 Å². The Hall–Kier alpha value is -3.02. The minimum absolute atomic E-state index is 0.222. The summed E-state index contributed by atoms with van der Waals surface area (Å²) < 4.78 is 15.7. The van der Waals surface area contributed by atoms with E-state index >= 15 is 0 Å². The van der Waals surface area contributed by atoms with Crippen molar-refractivity contribution in [1.82, 2.24) is 15.2 Å². The van der Waals surface area contributed by atoms with Crippen LogP contribution in [0.15, 0.2) is 29.6 Å². The first-order chi connectivity index (χ1) is 15.4. The van der Waals surface area contributed by atoms with E-state index in [1.54, 1.807) is 10.3 Å². The Kier molecular flexibility index (Phi) is 8.14. The second-order valence-corrected chi connectivity index (χ2v) is 8.09. The van der Waals surface area contributed by atoms with E-state index < -0.39 is 30.0 Å². The molecule has 0 fully saturated rings. The van der Waals surface area contributed by atoms with Crippen LogP contribution in [0, 0.1) is 0 Å². The fraction of sp³-hybridized carbons (Fsp3) is 0.429. The number of carbonyl (C=O) groups excluding carboxylic acids is 3. The van der Waals surface area contributed by atoms with Gasteiger partial charge in [-0.25, -0.2) is 4.98 Å². The van der Waals surface area contributed by atoms with Crippen molar-refractivity contribution in [3.05, 3.63) is 46.5 Å². The second-order valence-electron chi connectivity index (χ2n) is 7.20. The van der Waals surface area contributed by atoms with Crippen molar-refractivity contribution in [2.45, 2.75) is 38.6 Å². The number of benzene rings is 1. The van der Waals surface area contributed by atoms with Gasteiger partial charge in [0.05, 0.1) is 5.69 Å². The first-order valence-electron chi connectivity index (χ1n) is 10.00. The number of nitrogen functional groups attached to an aromatic ring is 1. The maximum atomic E-state index is 13.3. The zero-order valence-corrected chi connectivity index (χ0v) is 18.7. The van der Waals surface area contributed by atoms with Gasteiger partial charge in [0.2, 0.25) is 6.10 Å². The number of anilines is 1. The van der Waals surface area contributed by atoms with Gasteiger partial charge < -0.3 is 30.2 Å². The van der Waals surface area contributed by atoms with Crippen molar-refractivity contribution in [3.8, 4) is 0 Å². The van der Waals surface area contributed by atoms with Gasteiger partial charge in [0.25, 0.3) is 11.8 Å². The van der Waals surface area contributed by atoms with Crippen LogP contribution < -0.4 is 11.1 Å². The number of amides is 2. The van der Waals surface area contributed by atoms with Gasteiger partial charge in [-0.1, -0.05) is 24.3 Å². The minimum Gasteiger partial charge on any atom is -0.449 e. The Morgan fingerprint density at radius 2 is 1.91 bits per heavy atom. The Morgan fingerprint density at radius 3 is 2.47 bits per heavy atom. The molecule has 2 heterocycles. The largest absolute Gasteiger partial charge is 0.449 e. The fourth-order valence-electron chi connectivity index (χ4n) is 3.38. The molecule has 1 aromatic heterocycles. The summed E-state index contributed by atoms with van der Waals surface area (Å²) in [5.41, 5.74) is 8.38. The summed E-state index contributed by atoms with van der Waals surface area (Å²) in [6.45, 7) is 1.89. The maximum Gasteiger partial charge on any atom is 0.303 e. The van der Waals surface area contributed by atoms with Crippen LogP contribution in [0.3, 0.4) is 0 Å². The zero-order chi connectivity index (χ0) is 23.1. The van der Waals surface area contributed by atoms with Crippen LogP contribution in [0.25, 0.3) is 0 Å². The smallest absolute Gasteiger partial charge is 0.303 e. The number of thiazole rings is 1. The minimum atomic E-state index is -1.47. The summed E-state index contributed by atoms with van der Waals surface area (Å²) in [5, 5.41) is 4.92. The Labute approximate surface area is 189 Å². The molecule has 172 valence electrons. The number of nitrogens with one attached hydrogen (secondary N) is 1. The van der Waals surface area contributed by atoms with Crippen LogP contribution in [-0.4, -0.2) is 60.3 Å². The molecule has 0 unspecified atom stereocenters. The van der Waals surface area contributed by atoms with E-state index in [1.807, 2.05) is 24.3 Å². The number of hydrogen-bond acceptors (Lipinski definition) is 9. The lowest BCUT2D eigenvalue weighted by Crippen LogP contribution is -2.53. The number of carbonyl (C=O) groups is 3. The summed E-state index contributed by atoms with van der Waals surface area (Å²) in [6.07, 6.45) is -2.40. The molecule has 0 spiro atoms. The standard InChI is InChI=1S/C21H26N4O6S/c1-13(26)31-17(19(27)23-8-7-16-11-32-21(22)24-16)18(30-12-29-2)20(28)25-9-14-5-3-4-6-15(14)10-25/h3-6,11,17-18H,7-10,12H2,1-2H3,(H2,22,24)(H,23,27)/t17-,18-/m1/s1. The zero-order valence-electron chi connectivity index (χ0n) is 17.9. The molecule has 3 N–H and O–H groups in total. The van der Waals surface area contributed by atoms with Gasteiger partial charge in [-0.05, 0) is 11.1 Å². The van der Waals surface area contributed by atoms with Gasteiger partial charge in [0.1, 0.15) is 6.79 Å². The average molecular weight is 463 g/mol. The van der Waals surface area contributed by atoms with Crippen molar-refractivity contribution in [2.75, 3.05) is 26.2 Å². The first-order valence-corrected chi connectivity index (χ1v) is 10.9. The molecule has 1 aliphatic heterocycles. The van der Waals surface area contributed by atoms with E-state index in [9.17, 15) is 14.4 Å². The van der Waals surface area contributed by atoms with E-state index in [1.165, 1.54) is 25.4 Å². The predicted molar refractivity (Wildman–Crippen MR) is 116 cm³/mol. The van der Waals surface area contributed by atoms with Crippen LogP contribution in [0.4, 0.5) is 5.13 Å². The molecule has 1 aromatic carbocycles. The van der Waals surface area contributed by atoms with Crippen LogP contribution in [0.5, 0.6) is 0 Å². The number of rotatable bonds is 10. The van der Waals surface area contributed by atoms with Crippen LogP contribution >= 0.6 is 11.3 Å².